The summed E-state index contributed by atoms with van der Waals surface area (Å²) in [5, 5.41) is 3.23. The van der Waals surface area contributed by atoms with Gasteiger partial charge in [-0.1, -0.05) is 41.7 Å². The lowest BCUT2D eigenvalue weighted by Gasteiger charge is -2.31. The van der Waals surface area contributed by atoms with E-state index in [9.17, 15) is 14.4 Å². The molecule has 0 aliphatic carbocycles. The minimum absolute atomic E-state index is 0.0171. The number of rotatable bonds is 4. The highest BCUT2D eigenvalue weighted by Crippen LogP contribution is 2.33. The molecule has 1 N–H and O–H groups in total. The Morgan fingerprint density at radius 2 is 1.66 bits per heavy atom. The van der Waals surface area contributed by atoms with Gasteiger partial charge in [-0.25, -0.2) is 4.90 Å². The Labute approximate surface area is 200 Å². The van der Waals surface area contributed by atoms with Crippen LogP contribution in [-0.4, -0.2) is 35.7 Å². The smallest absolute Gasteiger partial charge is 0.283 e. The Hall–Kier alpha value is -2.54. The van der Waals surface area contributed by atoms with Gasteiger partial charge in [0.25, 0.3) is 17.7 Å². The first kappa shape index (κ1) is 22.6. The first-order chi connectivity index (χ1) is 15.2. The molecule has 1 unspecified atom stereocenters. The zero-order valence-electron chi connectivity index (χ0n) is 17.2. The SMILES string of the molecule is CC1CCCN(C(=O)c2ccc(NC3=C(Cl)C(=O)N(c4cc(Cl)cc(Cl)c4)C3=O)cc2)C1. The van der Waals surface area contributed by atoms with Gasteiger partial charge in [0.2, 0.25) is 0 Å². The minimum Gasteiger partial charge on any atom is -0.350 e. The topological polar surface area (TPSA) is 69.7 Å². The highest BCUT2D eigenvalue weighted by atomic mass is 35.5. The first-order valence-corrected chi connectivity index (χ1v) is 11.3. The number of halogens is 3. The van der Waals surface area contributed by atoms with Crippen LogP contribution in [0, 0.1) is 5.92 Å². The molecule has 2 aliphatic rings. The molecule has 0 aromatic heterocycles. The molecule has 3 amide bonds. The normalized spacial score (nSPS) is 19.1. The Morgan fingerprint density at radius 1 is 1.00 bits per heavy atom. The number of amides is 3. The quantitative estimate of drug-likeness (QED) is 0.588. The second-order valence-electron chi connectivity index (χ2n) is 7.96. The van der Waals surface area contributed by atoms with Crippen LogP contribution in [0.1, 0.15) is 30.1 Å². The summed E-state index contributed by atoms with van der Waals surface area (Å²) < 4.78 is 0. The van der Waals surface area contributed by atoms with E-state index in [0.717, 1.165) is 30.8 Å². The highest BCUT2D eigenvalue weighted by molar-refractivity contribution is 6.53. The van der Waals surface area contributed by atoms with Gasteiger partial charge in [-0.15, -0.1) is 0 Å². The monoisotopic (exact) mass is 491 g/mol. The van der Waals surface area contributed by atoms with Crippen molar-refractivity contribution in [1.29, 1.82) is 0 Å². The van der Waals surface area contributed by atoms with Crippen molar-refractivity contribution in [3.8, 4) is 0 Å². The maximum Gasteiger partial charge on any atom is 0.283 e. The summed E-state index contributed by atoms with van der Waals surface area (Å²) in [7, 11) is 0. The average Bonchev–Trinajstić information content (AvgIpc) is 2.96. The van der Waals surface area contributed by atoms with Crippen molar-refractivity contribution in [1.82, 2.24) is 4.90 Å². The molecule has 0 saturated carbocycles. The summed E-state index contributed by atoms with van der Waals surface area (Å²) in [6, 6.07) is 11.1. The van der Waals surface area contributed by atoms with E-state index in [1.807, 2.05) is 4.90 Å². The van der Waals surface area contributed by atoms with Gasteiger partial charge >= 0.3 is 0 Å². The zero-order chi connectivity index (χ0) is 23.0. The number of nitrogens with zero attached hydrogens (tertiary/aromatic N) is 2. The number of hydrogen-bond acceptors (Lipinski definition) is 4. The molecule has 4 rings (SSSR count). The second-order valence-corrected chi connectivity index (χ2v) is 9.21. The van der Waals surface area contributed by atoms with E-state index in [1.54, 1.807) is 24.3 Å². The minimum atomic E-state index is -0.677. The van der Waals surface area contributed by atoms with Crippen LogP contribution in [0.2, 0.25) is 10.0 Å². The number of imide groups is 1. The van der Waals surface area contributed by atoms with Crippen LogP contribution in [0.25, 0.3) is 0 Å². The lowest BCUT2D eigenvalue weighted by Crippen LogP contribution is -2.39. The van der Waals surface area contributed by atoms with Gasteiger partial charge in [-0.05, 0) is 61.2 Å². The first-order valence-electron chi connectivity index (χ1n) is 10.2. The molecule has 0 bridgehead atoms. The molecule has 1 fully saturated rings. The van der Waals surface area contributed by atoms with E-state index in [2.05, 4.69) is 12.2 Å². The molecule has 166 valence electrons. The molecule has 0 spiro atoms. The molecule has 1 atom stereocenters. The third kappa shape index (κ3) is 4.49. The molecule has 2 heterocycles. The molecule has 2 aliphatic heterocycles. The van der Waals surface area contributed by atoms with Gasteiger partial charge in [0, 0.05) is 34.4 Å². The van der Waals surface area contributed by atoms with E-state index >= 15 is 0 Å². The lowest BCUT2D eigenvalue weighted by atomic mass is 9.99. The van der Waals surface area contributed by atoms with E-state index < -0.39 is 11.8 Å². The van der Waals surface area contributed by atoms with Crippen LogP contribution >= 0.6 is 34.8 Å². The molecule has 9 heteroatoms. The third-order valence-corrected chi connectivity index (χ3v) is 6.27. The van der Waals surface area contributed by atoms with E-state index in [-0.39, 0.29) is 32.4 Å². The number of carbonyl (C=O) groups excluding carboxylic acids is 3. The van der Waals surface area contributed by atoms with Crippen molar-refractivity contribution in [2.24, 2.45) is 5.92 Å². The predicted octanol–water partition coefficient (Wildman–Crippen LogP) is 5.30. The van der Waals surface area contributed by atoms with Crippen molar-refractivity contribution in [2.45, 2.75) is 19.8 Å². The number of anilines is 2. The fourth-order valence-corrected chi connectivity index (χ4v) is 4.64. The summed E-state index contributed by atoms with van der Waals surface area (Å²) in [6.07, 6.45) is 2.14. The summed E-state index contributed by atoms with van der Waals surface area (Å²) in [5.41, 5.74) is 1.25. The van der Waals surface area contributed by atoms with Gasteiger partial charge in [-0.3, -0.25) is 14.4 Å². The third-order valence-electron chi connectivity index (χ3n) is 5.48. The summed E-state index contributed by atoms with van der Waals surface area (Å²) in [4.78, 5) is 41.1. The van der Waals surface area contributed by atoms with Crippen molar-refractivity contribution < 1.29 is 14.4 Å². The van der Waals surface area contributed by atoms with Crippen LogP contribution in [0.15, 0.2) is 53.2 Å². The molecule has 2 aromatic rings. The fourth-order valence-electron chi connectivity index (χ4n) is 3.91. The number of piperidine rings is 1. The van der Waals surface area contributed by atoms with Gasteiger partial charge in [0.15, 0.2) is 0 Å². The number of carbonyl (C=O) groups is 3. The number of likely N-dealkylation sites (tertiary alicyclic amines) is 1. The number of benzene rings is 2. The van der Waals surface area contributed by atoms with E-state index in [4.69, 9.17) is 34.8 Å². The van der Waals surface area contributed by atoms with Crippen LogP contribution < -0.4 is 10.2 Å². The largest absolute Gasteiger partial charge is 0.350 e. The summed E-state index contributed by atoms with van der Waals surface area (Å²) in [5.74, 6) is -0.827. The molecular formula is C23H20Cl3N3O3. The van der Waals surface area contributed by atoms with Gasteiger partial charge in [0.1, 0.15) is 10.7 Å². The molecule has 1 saturated heterocycles. The fraction of sp³-hybridized carbons (Fsp3) is 0.261. The highest BCUT2D eigenvalue weighted by Gasteiger charge is 2.39. The van der Waals surface area contributed by atoms with Crippen molar-refractivity contribution in [2.75, 3.05) is 23.3 Å². The zero-order valence-corrected chi connectivity index (χ0v) is 19.5. The number of nitrogens with one attached hydrogen (secondary N) is 1. The van der Waals surface area contributed by atoms with Crippen molar-refractivity contribution in [3.63, 3.8) is 0 Å². The Kier molecular flexibility index (Phi) is 6.47. The molecule has 2 aromatic carbocycles. The van der Waals surface area contributed by atoms with Crippen molar-refractivity contribution >= 4 is 63.9 Å². The van der Waals surface area contributed by atoms with Gasteiger partial charge in [0.05, 0.1) is 5.69 Å². The molecule has 0 radical (unpaired) electrons. The Balaban J connectivity index is 1.50. The maximum absolute atomic E-state index is 12.9. The Morgan fingerprint density at radius 3 is 2.28 bits per heavy atom. The summed E-state index contributed by atoms with van der Waals surface area (Å²) >= 11 is 18.2. The van der Waals surface area contributed by atoms with Crippen LogP contribution in [-0.2, 0) is 9.59 Å². The van der Waals surface area contributed by atoms with Crippen LogP contribution in [0.5, 0.6) is 0 Å². The molecule has 32 heavy (non-hydrogen) atoms. The van der Waals surface area contributed by atoms with Crippen molar-refractivity contribution in [3.05, 3.63) is 68.8 Å². The van der Waals surface area contributed by atoms with Gasteiger partial charge in [-0.2, -0.15) is 0 Å². The maximum atomic E-state index is 12.9. The summed E-state index contributed by atoms with van der Waals surface area (Å²) in [6.45, 7) is 3.65. The van der Waals surface area contributed by atoms with Gasteiger partial charge < -0.3 is 10.2 Å². The standard InChI is InChI=1S/C23H20Cl3N3O3/c1-13-3-2-8-28(12-13)21(30)14-4-6-17(7-5-14)27-20-19(26)22(31)29(23(20)32)18-10-15(24)9-16(25)11-18/h4-7,9-11,13,27H,2-3,8,12H2,1H3. The van der Waals surface area contributed by atoms with Crippen LogP contribution in [0.3, 0.4) is 0 Å². The average molecular weight is 493 g/mol. The second kappa shape index (κ2) is 9.14. The molecular weight excluding hydrogens is 473 g/mol. The number of hydrogen-bond donors (Lipinski definition) is 1. The van der Waals surface area contributed by atoms with E-state index in [0.29, 0.717) is 17.2 Å². The Bertz CT molecular complexity index is 1110. The van der Waals surface area contributed by atoms with Crippen LogP contribution in [0.4, 0.5) is 11.4 Å². The molecule has 6 nitrogen and oxygen atoms in total. The predicted molar refractivity (Wildman–Crippen MR) is 126 cm³/mol. The lowest BCUT2D eigenvalue weighted by molar-refractivity contribution is -0.120. The van der Waals surface area contributed by atoms with E-state index in [1.165, 1.54) is 18.2 Å².